The molecule has 4 N–H and O–H groups in total. The first-order valence-electron chi connectivity index (χ1n) is 7.05. The van der Waals surface area contributed by atoms with Crippen molar-refractivity contribution in [3.8, 4) is 0 Å². The summed E-state index contributed by atoms with van der Waals surface area (Å²) < 4.78 is 0. The van der Waals surface area contributed by atoms with Crippen LogP contribution in [0.1, 0.15) is 46.6 Å². The summed E-state index contributed by atoms with van der Waals surface area (Å²) in [4.78, 5) is 12.4. The van der Waals surface area contributed by atoms with Crippen molar-refractivity contribution >= 4 is 17.4 Å². The van der Waals surface area contributed by atoms with E-state index in [-0.39, 0.29) is 17.2 Å². The van der Waals surface area contributed by atoms with Gasteiger partial charge in [0.2, 0.25) is 5.91 Å². The molecule has 1 aromatic carbocycles. The van der Waals surface area contributed by atoms with Crippen molar-refractivity contribution in [3.05, 3.63) is 29.8 Å². The molecule has 0 spiro atoms. The first kappa shape index (κ1) is 17.0. The Morgan fingerprint density at radius 2 is 1.76 bits per heavy atom. The Balaban J connectivity index is 2.93. The van der Waals surface area contributed by atoms with Crippen LogP contribution >= 0.6 is 0 Å². The number of hydrogen-bond donors (Lipinski definition) is 3. The van der Waals surface area contributed by atoms with Crippen molar-refractivity contribution in [2.45, 2.75) is 46.5 Å². The molecule has 0 radical (unpaired) electrons. The minimum absolute atomic E-state index is 0.0639. The molecule has 1 amide bonds. The summed E-state index contributed by atoms with van der Waals surface area (Å²) in [6.45, 7) is 9.87. The summed E-state index contributed by atoms with van der Waals surface area (Å²) in [6, 6.07) is 7.70. The zero-order chi connectivity index (χ0) is 16.3. The molecule has 1 rings (SSSR count). The molecule has 1 atom stereocenters. The number of hydrogen-bond acceptors (Lipinski definition) is 3. The lowest BCUT2D eigenvalue weighted by atomic mass is 9.85. The lowest BCUT2D eigenvalue weighted by molar-refractivity contribution is -0.121. The molecule has 5 heteroatoms. The van der Waals surface area contributed by atoms with Crippen molar-refractivity contribution in [2.24, 2.45) is 16.3 Å². The van der Waals surface area contributed by atoms with Crippen LogP contribution in [-0.2, 0) is 10.2 Å². The number of nitrogens with two attached hydrogens (primary N) is 1. The maximum absolute atomic E-state index is 12.4. The molecule has 0 aliphatic carbocycles. The summed E-state index contributed by atoms with van der Waals surface area (Å²) in [7, 11) is 0. The van der Waals surface area contributed by atoms with E-state index in [0.717, 1.165) is 0 Å². The van der Waals surface area contributed by atoms with Gasteiger partial charge in [0.25, 0.3) is 0 Å². The quantitative estimate of drug-likeness (QED) is 0.345. The van der Waals surface area contributed by atoms with Crippen molar-refractivity contribution in [1.29, 1.82) is 0 Å². The number of anilines is 1. The number of amidine groups is 1. The van der Waals surface area contributed by atoms with E-state index in [9.17, 15) is 4.79 Å². The average molecular weight is 291 g/mol. The Morgan fingerprint density at radius 1 is 1.24 bits per heavy atom. The van der Waals surface area contributed by atoms with E-state index in [1.165, 1.54) is 5.56 Å². The van der Waals surface area contributed by atoms with Gasteiger partial charge in [-0.3, -0.25) is 4.79 Å². The number of nitrogens with one attached hydrogen (secondary N) is 1. The molecule has 0 aliphatic rings. The monoisotopic (exact) mass is 291 g/mol. The first-order valence-corrected chi connectivity index (χ1v) is 7.05. The van der Waals surface area contributed by atoms with Crippen molar-refractivity contribution in [1.82, 2.24) is 0 Å². The molecule has 0 aliphatic heterocycles. The fourth-order valence-corrected chi connectivity index (χ4v) is 1.89. The summed E-state index contributed by atoms with van der Waals surface area (Å²) >= 11 is 0. The molecule has 21 heavy (non-hydrogen) atoms. The molecule has 0 heterocycles. The normalized spacial score (nSPS) is 15.4. The molecule has 1 aromatic rings. The van der Waals surface area contributed by atoms with Gasteiger partial charge in [-0.1, -0.05) is 45.0 Å². The van der Waals surface area contributed by atoms with E-state index in [2.05, 4.69) is 31.2 Å². The van der Waals surface area contributed by atoms with Gasteiger partial charge in [0.05, 0.1) is 0 Å². The van der Waals surface area contributed by atoms with E-state index >= 15 is 0 Å². The highest BCUT2D eigenvalue weighted by atomic mass is 16.4. The van der Waals surface area contributed by atoms with Crippen LogP contribution in [-0.4, -0.2) is 17.0 Å². The van der Waals surface area contributed by atoms with Gasteiger partial charge in [0.15, 0.2) is 5.84 Å². The highest BCUT2D eigenvalue weighted by Gasteiger charge is 2.36. The fraction of sp³-hybridized carbons (Fsp3) is 0.500. The summed E-state index contributed by atoms with van der Waals surface area (Å²) in [6.07, 6.45) is 0.439. The van der Waals surface area contributed by atoms with Crippen molar-refractivity contribution in [2.75, 3.05) is 5.32 Å². The minimum Gasteiger partial charge on any atom is -0.409 e. The lowest BCUT2D eigenvalue weighted by Gasteiger charge is -2.25. The zero-order valence-corrected chi connectivity index (χ0v) is 13.4. The van der Waals surface area contributed by atoms with Gasteiger partial charge >= 0.3 is 0 Å². The van der Waals surface area contributed by atoms with E-state index in [0.29, 0.717) is 12.1 Å². The lowest BCUT2D eigenvalue weighted by Crippen LogP contribution is -2.44. The van der Waals surface area contributed by atoms with E-state index in [1.54, 1.807) is 6.92 Å². The Hall–Kier alpha value is -2.04. The van der Waals surface area contributed by atoms with Gasteiger partial charge in [-0.25, -0.2) is 0 Å². The number of amides is 1. The molecule has 116 valence electrons. The zero-order valence-electron chi connectivity index (χ0n) is 13.4. The number of carbonyl (C=O) groups excluding carboxylic acids is 1. The Morgan fingerprint density at radius 3 is 2.14 bits per heavy atom. The third kappa shape index (κ3) is 3.74. The Kier molecular flexibility index (Phi) is 4.99. The Bertz CT molecular complexity index is 529. The van der Waals surface area contributed by atoms with Crippen LogP contribution in [0.2, 0.25) is 0 Å². The summed E-state index contributed by atoms with van der Waals surface area (Å²) in [5.41, 5.74) is 6.55. The number of nitrogens with zero attached hydrogens (tertiary/aromatic N) is 1. The predicted molar refractivity (Wildman–Crippen MR) is 85.6 cm³/mol. The molecular formula is C16H25N3O2. The molecule has 0 bridgehead atoms. The van der Waals surface area contributed by atoms with Crippen LogP contribution in [0.15, 0.2) is 29.4 Å². The molecule has 5 nitrogen and oxygen atoms in total. The smallest absolute Gasteiger partial charge is 0.238 e. The second-order valence-corrected chi connectivity index (χ2v) is 6.45. The van der Waals surface area contributed by atoms with E-state index < -0.39 is 5.41 Å². The van der Waals surface area contributed by atoms with Crippen molar-refractivity contribution < 1.29 is 10.0 Å². The standard InChI is InChI=1S/C16H25N3O2/c1-6-16(5,13(17)19-21)14(20)18-12-9-7-11(8-10-12)15(2,3)4/h7-10,21H,6H2,1-5H3,(H2,17,19)(H,18,20). The largest absolute Gasteiger partial charge is 0.409 e. The maximum Gasteiger partial charge on any atom is 0.238 e. The summed E-state index contributed by atoms with van der Waals surface area (Å²) in [5, 5.41) is 14.6. The Labute approximate surface area is 126 Å². The van der Waals surface area contributed by atoms with Gasteiger partial charge in [-0.2, -0.15) is 0 Å². The van der Waals surface area contributed by atoms with E-state index in [4.69, 9.17) is 10.9 Å². The highest BCUT2D eigenvalue weighted by Crippen LogP contribution is 2.26. The number of carbonyl (C=O) groups is 1. The third-order valence-corrected chi connectivity index (χ3v) is 3.89. The van der Waals surface area contributed by atoms with E-state index in [1.807, 2.05) is 31.2 Å². The van der Waals surface area contributed by atoms with Crippen LogP contribution in [0.25, 0.3) is 0 Å². The second-order valence-electron chi connectivity index (χ2n) is 6.45. The SMILES string of the molecule is CCC(C)(C(=O)Nc1ccc(C(C)(C)C)cc1)/C(N)=N/O. The first-order chi connectivity index (χ1) is 9.65. The molecular weight excluding hydrogens is 266 g/mol. The van der Waals surface area contributed by atoms with Crippen LogP contribution in [0.3, 0.4) is 0 Å². The van der Waals surface area contributed by atoms with Gasteiger partial charge in [-0.15, -0.1) is 0 Å². The molecule has 0 saturated carbocycles. The number of benzene rings is 1. The topological polar surface area (TPSA) is 87.7 Å². The molecule has 0 saturated heterocycles. The average Bonchev–Trinajstić information content (AvgIpc) is 2.44. The second kappa shape index (κ2) is 6.16. The fourth-order valence-electron chi connectivity index (χ4n) is 1.89. The van der Waals surface area contributed by atoms with Crippen LogP contribution < -0.4 is 11.1 Å². The number of rotatable bonds is 4. The molecule has 1 unspecified atom stereocenters. The van der Waals surface area contributed by atoms with Gasteiger partial charge in [0.1, 0.15) is 5.41 Å². The maximum atomic E-state index is 12.4. The van der Waals surface area contributed by atoms with Gasteiger partial charge in [-0.05, 0) is 36.5 Å². The van der Waals surface area contributed by atoms with Gasteiger partial charge < -0.3 is 16.3 Å². The number of oxime groups is 1. The minimum atomic E-state index is -1.03. The van der Waals surface area contributed by atoms with Crippen LogP contribution in [0, 0.1) is 5.41 Å². The van der Waals surface area contributed by atoms with Gasteiger partial charge in [0, 0.05) is 5.69 Å². The van der Waals surface area contributed by atoms with Crippen molar-refractivity contribution in [3.63, 3.8) is 0 Å². The highest BCUT2D eigenvalue weighted by molar-refractivity contribution is 6.11. The van der Waals surface area contributed by atoms with Crippen LogP contribution in [0.4, 0.5) is 5.69 Å². The predicted octanol–water partition coefficient (Wildman–Crippen LogP) is 3.09. The van der Waals surface area contributed by atoms with Crippen LogP contribution in [0.5, 0.6) is 0 Å². The molecule has 0 fully saturated rings. The third-order valence-electron chi connectivity index (χ3n) is 3.89. The summed E-state index contributed by atoms with van der Waals surface area (Å²) in [5.74, 6) is -0.377. The molecule has 0 aromatic heterocycles.